The quantitative estimate of drug-likeness (QED) is 0.804. The standard InChI is InChI=1S/C17H12N2O2/c18-10-17-11-20-14-9-5-4-8-13(14)15(17)19-21-16(17)12-6-2-1-3-7-12/h1-9,16H,11H2/t16-,17+/m0/s1. The molecule has 0 unspecified atom stereocenters. The summed E-state index contributed by atoms with van der Waals surface area (Å²) in [7, 11) is 0. The summed E-state index contributed by atoms with van der Waals surface area (Å²) < 4.78 is 5.80. The van der Waals surface area contributed by atoms with E-state index in [0.717, 1.165) is 16.9 Å². The fourth-order valence-electron chi connectivity index (χ4n) is 2.93. The zero-order valence-corrected chi connectivity index (χ0v) is 11.2. The lowest BCUT2D eigenvalue weighted by atomic mass is 9.73. The average molecular weight is 276 g/mol. The van der Waals surface area contributed by atoms with Crippen molar-refractivity contribution in [3.05, 3.63) is 65.7 Å². The Kier molecular flexibility index (Phi) is 2.48. The van der Waals surface area contributed by atoms with Crippen LogP contribution in [0.5, 0.6) is 5.75 Å². The van der Waals surface area contributed by atoms with Gasteiger partial charge < -0.3 is 9.57 Å². The Morgan fingerprint density at radius 2 is 1.86 bits per heavy atom. The van der Waals surface area contributed by atoms with E-state index >= 15 is 0 Å². The van der Waals surface area contributed by atoms with Crippen molar-refractivity contribution in [2.24, 2.45) is 10.6 Å². The third kappa shape index (κ3) is 1.58. The van der Waals surface area contributed by atoms with E-state index in [4.69, 9.17) is 9.57 Å². The Bertz CT molecular complexity index is 764. The molecule has 0 aromatic heterocycles. The molecule has 0 bridgehead atoms. The number of fused-ring (bicyclic) bond motifs is 3. The first kappa shape index (κ1) is 12.0. The highest BCUT2D eigenvalue weighted by atomic mass is 16.6. The molecule has 0 fully saturated rings. The number of ether oxygens (including phenoxy) is 1. The summed E-state index contributed by atoms with van der Waals surface area (Å²) in [5.74, 6) is 0.749. The minimum atomic E-state index is -0.893. The van der Waals surface area contributed by atoms with Crippen LogP contribution >= 0.6 is 0 Å². The second-order valence-corrected chi connectivity index (χ2v) is 5.20. The van der Waals surface area contributed by atoms with Crippen LogP contribution in [0.15, 0.2) is 59.8 Å². The van der Waals surface area contributed by atoms with Gasteiger partial charge in [-0.3, -0.25) is 0 Å². The van der Waals surface area contributed by atoms with Crippen molar-refractivity contribution in [3.8, 4) is 11.8 Å². The molecule has 2 aliphatic heterocycles. The molecule has 21 heavy (non-hydrogen) atoms. The van der Waals surface area contributed by atoms with E-state index < -0.39 is 11.5 Å². The number of nitrogens with zero attached hydrogens (tertiary/aromatic N) is 2. The first-order chi connectivity index (χ1) is 10.3. The smallest absolute Gasteiger partial charge is 0.180 e. The van der Waals surface area contributed by atoms with Gasteiger partial charge in [-0.15, -0.1) is 0 Å². The van der Waals surface area contributed by atoms with E-state index in [0.29, 0.717) is 5.71 Å². The molecule has 4 nitrogen and oxygen atoms in total. The molecule has 2 atom stereocenters. The minimum Gasteiger partial charge on any atom is -0.491 e. The summed E-state index contributed by atoms with van der Waals surface area (Å²) in [6.07, 6.45) is -0.438. The highest BCUT2D eigenvalue weighted by Gasteiger charge is 2.55. The van der Waals surface area contributed by atoms with Gasteiger partial charge in [0.1, 0.15) is 18.1 Å². The third-order valence-electron chi connectivity index (χ3n) is 4.02. The van der Waals surface area contributed by atoms with Crippen molar-refractivity contribution in [2.75, 3.05) is 6.61 Å². The number of oxime groups is 1. The van der Waals surface area contributed by atoms with Crippen molar-refractivity contribution in [3.63, 3.8) is 0 Å². The van der Waals surface area contributed by atoms with Crippen molar-refractivity contribution >= 4 is 5.71 Å². The van der Waals surface area contributed by atoms with E-state index in [1.165, 1.54) is 0 Å². The minimum absolute atomic E-state index is 0.249. The molecule has 0 saturated heterocycles. The van der Waals surface area contributed by atoms with Crippen molar-refractivity contribution in [1.29, 1.82) is 5.26 Å². The zero-order chi connectivity index (χ0) is 14.3. The van der Waals surface area contributed by atoms with Crippen LogP contribution in [-0.2, 0) is 4.84 Å². The fourth-order valence-corrected chi connectivity index (χ4v) is 2.93. The Labute approximate surface area is 122 Å². The number of para-hydroxylation sites is 1. The van der Waals surface area contributed by atoms with E-state index in [2.05, 4.69) is 11.2 Å². The van der Waals surface area contributed by atoms with Gasteiger partial charge in [0.05, 0.1) is 6.07 Å². The predicted molar refractivity (Wildman–Crippen MR) is 76.8 cm³/mol. The van der Waals surface area contributed by atoms with Crippen molar-refractivity contribution in [1.82, 2.24) is 0 Å². The van der Waals surface area contributed by atoms with Gasteiger partial charge >= 0.3 is 0 Å². The van der Waals surface area contributed by atoms with Crippen LogP contribution in [-0.4, -0.2) is 12.3 Å². The summed E-state index contributed by atoms with van der Waals surface area (Å²) in [5, 5.41) is 14.0. The second-order valence-electron chi connectivity index (χ2n) is 5.20. The van der Waals surface area contributed by atoms with Gasteiger partial charge in [0.25, 0.3) is 0 Å². The number of rotatable bonds is 1. The maximum absolute atomic E-state index is 9.82. The molecule has 0 saturated carbocycles. The molecule has 0 spiro atoms. The van der Waals surface area contributed by atoms with Gasteiger partial charge in [0.2, 0.25) is 0 Å². The molecular weight excluding hydrogens is 264 g/mol. The largest absolute Gasteiger partial charge is 0.491 e. The third-order valence-corrected chi connectivity index (χ3v) is 4.02. The molecule has 0 amide bonds. The van der Waals surface area contributed by atoms with Crippen LogP contribution in [0.3, 0.4) is 0 Å². The van der Waals surface area contributed by atoms with Crippen LogP contribution < -0.4 is 4.74 Å². The maximum Gasteiger partial charge on any atom is 0.180 e. The molecule has 4 rings (SSSR count). The van der Waals surface area contributed by atoms with E-state index in [1.807, 2.05) is 54.6 Å². The van der Waals surface area contributed by atoms with E-state index in [1.54, 1.807) is 0 Å². The molecule has 0 radical (unpaired) electrons. The maximum atomic E-state index is 9.82. The lowest BCUT2D eigenvalue weighted by Gasteiger charge is -2.32. The van der Waals surface area contributed by atoms with Gasteiger partial charge in [-0.25, -0.2) is 0 Å². The molecule has 0 N–H and O–H groups in total. The molecule has 2 heterocycles. The summed E-state index contributed by atoms with van der Waals surface area (Å²) in [6.45, 7) is 0.249. The zero-order valence-electron chi connectivity index (χ0n) is 11.2. The van der Waals surface area contributed by atoms with Crippen molar-refractivity contribution < 1.29 is 9.57 Å². The highest BCUT2D eigenvalue weighted by molar-refractivity contribution is 6.10. The number of nitriles is 1. The molecule has 102 valence electrons. The van der Waals surface area contributed by atoms with Gasteiger partial charge in [-0.05, 0) is 17.7 Å². The Balaban J connectivity index is 1.85. The average Bonchev–Trinajstić information content (AvgIpc) is 2.96. The Hall–Kier alpha value is -2.80. The van der Waals surface area contributed by atoms with Crippen molar-refractivity contribution in [2.45, 2.75) is 6.10 Å². The molecule has 2 aromatic carbocycles. The van der Waals surface area contributed by atoms with Gasteiger partial charge in [-0.1, -0.05) is 47.6 Å². The molecule has 2 aliphatic rings. The van der Waals surface area contributed by atoms with Gasteiger partial charge in [-0.2, -0.15) is 5.26 Å². The van der Waals surface area contributed by atoms with E-state index in [9.17, 15) is 5.26 Å². The molecular formula is C17H12N2O2. The van der Waals surface area contributed by atoms with Gasteiger partial charge in [0.15, 0.2) is 11.5 Å². The fraction of sp³-hybridized carbons (Fsp3) is 0.176. The number of hydrogen-bond acceptors (Lipinski definition) is 4. The summed E-state index contributed by atoms with van der Waals surface area (Å²) in [5.41, 5.74) is 1.54. The lowest BCUT2D eigenvalue weighted by molar-refractivity contribution is 0.0242. The molecule has 2 aromatic rings. The van der Waals surface area contributed by atoms with Crippen LogP contribution in [0.2, 0.25) is 0 Å². The monoisotopic (exact) mass is 276 g/mol. The van der Waals surface area contributed by atoms with Crippen LogP contribution in [0.25, 0.3) is 0 Å². The normalized spacial score (nSPS) is 25.7. The summed E-state index contributed by atoms with van der Waals surface area (Å²) >= 11 is 0. The topological polar surface area (TPSA) is 54.6 Å². The number of benzene rings is 2. The molecule has 0 aliphatic carbocycles. The highest BCUT2D eigenvalue weighted by Crippen LogP contribution is 2.48. The summed E-state index contributed by atoms with van der Waals surface area (Å²) in [6, 6.07) is 19.7. The number of hydrogen-bond donors (Lipinski definition) is 0. The second kappa shape index (κ2) is 4.35. The van der Waals surface area contributed by atoms with E-state index in [-0.39, 0.29) is 6.61 Å². The Morgan fingerprint density at radius 3 is 2.67 bits per heavy atom. The summed E-state index contributed by atoms with van der Waals surface area (Å²) in [4.78, 5) is 5.62. The Morgan fingerprint density at radius 1 is 1.10 bits per heavy atom. The predicted octanol–water partition coefficient (Wildman–Crippen LogP) is 3.06. The van der Waals surface area contributed by atoms with Crippen LogP contribution in [0, 0.1) is 16.7 Å². The lowest BCUT2D eigenvalue weighted by Crippen LogP contribution is -2.42. The van der Waals surface area contributed by atoms with Crippen LogP contribution in [0.4, 0.5) is 0 Å². The van der Waals surface area contributed by atoms with Crippen LogP contribution in [0.1, 0.15) is 17.2 Å². The molecule has 4 heteroatoms. The SMILES string of the molecule is N#C[C@@]12COc3ccccc3C1=NO[C@H]2c1ccccc1. The van der Waals surface area contributed by atoms with Gasteiger partial charge in [0, 0.05) is 5.56 Å². The first-order valence-electron chi connectivity index (χ1n) is 6.78. The first-order valence-corrected chi connectivity index (χ1v) is 6.78.